The molecule has 1 atom stereocenters. The van der Waals surface area contributed by atoms with Gasteiger partial charge in [0.25, 0.3) is 0 Å². The van der Waals surface area contributed by atoms with Crippen LogP contribution in [0.15, 0.2) is 57.3 Å². The van der Waals surface area contributed by atoms with Gasteiger partial charge in [0.05, 0.1) is 22.7 Å². The minimum absolute atomic E-state index is 0.0472. The van der Waals surface area contributed by atoms with Crippen LogP contribution in [-0.2, 0) is 21.0 Å². The van der Waals surface area contributed by atoms with Crippen molar-refractivity contribution in [1.82, 2.24) is 19.7 Å². The number of benzene rings is 2. The molecule has 0 amide bonds. The fraction of sp³-hybridized carbons (Fsp3) is 0.681. The fourth-order valence-electron chi connectivity index (χ4n) is 9.47. The number of sulfone groups is 1. The summed E-state index contributed by atoms with van der Waals surface area (Å²) in [6.07, 6.45) is 24.9. The number of likely N-dealkylation sites (tertiary alicyclic amines) is 1. The molecule has 3 aromatic rings. The van der Waals surface area contributed by atoms with Gasteiger partial charge in [-0.15, -0.1) is 0 Å². The van der Waals surface area contributed by atoms with Crippen LogP contribution in [0.25, 0.3) is 10.9 Å². The van der Waals surface area contributed by atoms with E-state index in [1.807, 2.05) is 12.1 Å². The monoisotopic (exact) mass is 854 g/mol. The lowest BCUT2D eigenvalue weighted by Gasteiger charge is -2.46. The van der Waals surface area contributed by atoms with E-state index in [0.29, 0.717) is 53.3 Å². The summed E-state index contributed by atoms with van der Waals surface area (Å²) in [7, 11) is -1.98. The summed E-state index contributed by atoms with van der Waals surface area (Å²) in [6, 6.07) is 10.5. The van der Waals surface area contributed by atoms with Crippen molar-refractivity contribution in [3.8, 4) is 5.75 Å². The SMILES string of the molecule is CCCCCCCCCCCCCCCCOc1ccc(S(=O)(=O)c2cnc3ccc([S@+](C)[O-])cc3c2N2CCC(N3CCC(N4CCN(C)CC4)CC3)CC2)cc1F. The number of hydrogen-bond donors (Lipinski definition) is 0. The lowest BCUT2D eigenvalue weighted by atomic mass is 9.96. The van der Waals surface area contributed by atoms with Crippen molar-refractivity contribution in [2.24, 2.45) is 0 Å². The smallest absolute Gasteiger partial charge is 0.210 e. The van der Waals surface area contributed by atoms with Crippen molar-refractivity contribution in [3.63, 3.8) is 0 Å². The van der Waals surface area contributed by atoms with Crippen LogP contribution in [0, 0.1) is 5.82 Å². The fourth-order valence-corrected chi connectivity index (χ4v) is 11.5. The van der Waals surface area contributed by atoms with E-state index in [0.717, 1.165) is 77.4 Å². The summed E-state index contributed by atoms with van der Waals surface area (Å²) in [4.78, 5) is 15.0. The third-order valence-corrected chi connectivity index (χ3v) is 15.9. The highest BCUT2D eigenvalue weighted by Gasteiger charge is 2.34. The second-order valence-electron chi connectivity index (χ2n) is 17.5. The van der Waals surface area contributed by atoms with Gasteiger partial charge in [-0.1, -0.05) is 90.4 Å². The van der Waals surface area contributed by atoms with Gasteiger partial charge in [0.2, 0.25) is 9.84 Å². The molecule has 328 valence electrons. The van der Waals surface area contributed by atoms with Crippen LogP contribution in [0.2, 0.25) is 0 Å². The zero-order valence-electron chi connectivity index (χ0n) is 36.4. The summed E-state index contributed by atoms with van der Waals surface area (Å²) in [5.41, 5.74) is 1.20. The van der Waals surface area contributed by atoms with Crippen molar-refractivity contribution < 1.29 is 22.1 Å². The largest absolute Gasteiger partial charge is 0.612 e. The Morgan fingerprint density at radius 1 is 0.746 bits per heavy atom. The van der Waals surface area contributed by atoms with Gasteiger partial charge in [-0.05, 0) is 93.7 Å². The molecule has 4 heterocycles. The third kappa shape index (κ3) is 12.8. The molecule has 0 N–H and O–H groups in total. The number of piperazine rings is 1. The summed E-state index contributed by atoms with van der Waals surface area (Å²) < 4.78 is 62.9. The zero-order chi connectivity index (χ0) is 41.6. The van der Waals surface area contributed by atoms with Crippen LogP contribution in [0.3, 0.4) is 0 Å². The molecule has 3 aliphatic rings. The number of likely N-dealkylation sites (N-methyl/N-ethyl adjacent to an activating group) is 1. The Morgan fingerprint density at radius 2 is 1.31 bits per heavy atom. The van der Waals surface area contributed by atoms with E-state index < -0.39 is 26.8 Å². The molecule has 59 heavy (non-hydrogen) atoms. The molecule has 0 bridgehead atoms. The number of nitrogens with zero attached hydrogens (tertiary/aromatic N) is 5. The Hall–Kier alpha value is -2.48. The molecular weight excluding hydrogens is 782 g/mol. The lowest BCUT2D eigenvalue weighted by Crippen LogP contribution is -2.54. The molecule has 12 heteroatoms. The van der Waals surface area contributed by atoms with E-state index in [1.165, 1.54) is 102 Å². The molecule has 0 aliphatic carbocycles. The molecule has 0 radical (unpaired) electrons. The Labute approximate surface area is 358 Å². The second-order valence-corrected chi connectivity index (χ2v) is 20.8. The van der Waals surface area contributed by atoms with E-state index in [2.05, 4.69) is 38.6 Å². The first kappa shape index (κ1) is 46.0. The number of halogens is 1. The Kier molecular flexibility index (Phi) is 18.0. The van der Waals surface area contributed by atoms with Crippen molar-refractivity contribution >= 4 is 37.6 Å². The number of hydrogen-bond acceptors (Lipinski definition) is 9. The van der Waals surface area contributed by atoms with Crippen molar-refractivity contribution in [2.45, 2.75) is 149 Å². The van der Waals surface area contributed by atoms with Crippen molar-refractivity contribution in [2.75, 3.05) is 77.2 Å². The molecule has 6 rings (SSSR count). The first-order valence-corrected chi connectivity index (χ1v) is 26.0. The maximum absolute atomic E-state index is 15.5. The molecule has 3 aliphatic heterocycles. The minimum Gasteiger partial charge on any atom is -0.612 e. The normalized spacial score (nSPS) is 18.8. The molecule has 0 spiro atoms. The van der Waals surface area contributed by atoms with Crippen LogP contribution in [0.4, 0.5) is 10.1 Å². The Balaban J connectivity index is 1.04. The molecule has 3 fully saturated rings. The van der Waals surface area contributed by atoms with Crippen LogP contribution >= 0.6 is 0 Å². The van der Waals surface area contributed by atoms with E-state index in [9.17, 15) is 13.0 Å². The second kappa shape index (κ2) is 23.1. The summed E-state index contributed by atoms with van der Waals surface area (Å²) in [6.45, 7) is 10.8. The van der Waals surface area contributed by atoms with Gasteiger partial charge in [-0.3, -0.25) is 9.88 Å². The van der Waals surface area contributed by atoms with Gasteiger partial charge in [-0.25, -0.2) is 12.8 Å². The van der Waals surface area contributed by atoms with E-state index in [4.69, 9.17) is 4.74 Å². The molecular formula is C47H72FN5O4S2. The minimum atomic E-state index is -4.18. The number of pyridine rings is 1. The topological polar surface area (TPSA) is 92.3 Å². The molecule has 9 nitrogen and oxygen atoms in total. The summed E-state index contributed by atoms with van der Waals surface area (Å²) in [5, 5.41) is 0.652. The van der Waals surface area contributed by atoms with Gasteiger partial charge >= 0.3 is 0 Å². The van der Waals surface area contributed by atoms with Crippen molar-refractivity contribution in [1.29, 1.82) is 0 Å². The lowest BCUT2D eigenvalue weighted by molar-refractivity contribution is 0.0495. The average Bonchev–Trinajstić information content (AvgIpc) is 3.25. The average molecular weight is 854 g/mol. The van der Waals surface area contributed by atoms with Crippen LogP contribution in [0.1, 0.15) is 122 Å². The van der Waals surface area contributed by atoms with Gasteiger partial charge in [-0.2, -0.15) is 0 Å². The first-order valence-electron chi connectivity index (χ1n) is 23.0. The predicted molar refractivity (Wildman–Crippen MR) is 241 cm³/mol. The van der Waals surface area contributed by atoms with Gasteiger partial charge < -0.3 is 24.0 Å². The molecule has 0 unspecified atom stereocenters. The van der Waals surface area contributed by atoms with E-state index >= 15 is 4.39 Å². The molecule has 2 aromatic carbocycles. The van der Waals surface area contributed by atoms with Crippen LogP contribution in [-0.4, -0.2) is 117 Å². The first-order chi connectivity index (χ1) is 28.7. The molecule has 1 aromatic heterocycles. The summed E-state index contributed by atoms with van der Waals surface area (Å²) in [5.74, 6) is -0.618. The van der Waals surface area contributed by atoms with E-state index in [-0.39, 0.29) is 15.5 Å². The van der Waals surface area contributed by atoms with Crippen LogP contribution < -0.4 is 9.64 Å². The molecule has 3 saturated heterocycles. The third-order valence-electron chi connectivity index (χ3n) is 13.2. The maximum atomic E-state index is 15.5. The Morgan fingerprint density at radius 3 is 1.88 bits per heavy atom. The number of ether oxygens (including phenoxy) is 1. The number of fused-ring (bicyclic) bond motifs is 1. The van der Waals surface area contributed by atoms with E-state index in [1.54, 1.807) is 12.3 Å². The number of piperidine rings is 2. The van der Waals surface area contributed by atoms with Gasteiger partial charge in [0.15, 0.2) is 16.5 Å². The number of unbranched alkanes of at least 4 members (excludes halogenated alkanes) is 13. The standard InChI is InChI=1S/C47H72FN5O4S2/c1-4-5-6-7-8-9-10-11-12-13-14-15-16-17-34-57-45-21-19-41(36-43(45)48)59(55,56)46-37-49-44-20-18-40(58(3)54)35-42(44)47(46)53-28-24-38(25-29-53)51-26-22-39(23-27-51)52-32-30-50(2)31-33-52/h18-21,35-39H,4-17,22-34H2,1-3H3/t58-/m0/s1. The highest BCUT2D eigenvalue weighted by Crippen LogP contribution is 2.39. The summed E-state index contributed by atoms with van der Waals surface area (Å²) >= 11 is -1.27. The molecule has 0 saturated carbocycles. The highest BCUT2D eigenvalue weighted by atomic mass is 32.2. The number of anilines is 1. The Bertz CT molecular complexity index is 1840. The maximum Gasteiger partial charge on any atom is 0.210 e. The van der Waals surface area contributed by atoms with Gasteiger partial charge in [0.1, 0.15) is 11.2 Å². The quantitative estimate of drug-likeness (QED) is 0.0724. The van der Waals surface area contributed by atoms with Gasteiger partial charge in [0, 0.05) is 69.0 Å². The van der Waals surface area contributed by atoms with Crippen LogP contribution in [0.5, 0.6) is 5.75 Å². The number of aromatic nitrogens is 1. The highest BCUT2D eigenvalue weighted by molar-refractivity contribution is 7.91. The number of rotatable bonds is 22. The van der Waals surface area contributed by atoms with Crippen molar-refractivity contribution in [3.05, 3.63) is 48.4 Å². The zero-order valence-corrected chi connectivity index (χ0v) is 38.0. The predicted octanol–water partition coefficient (Wildman–Crippen LogP) is 9.48.